The van der Waals surface area contributed by atoms with Crippen LogP contribution in [0.2, 0.25) is 0 Å². The average molecular weight is 626 g/mol. The van der Waals surface area contributed by atoms with Gasteiger partial charge in [0, 0.05) is 36.7 Å². The Kier molecular flexibility index (Phi) is 12.4. The number of amides is 3. The number of hydrogen-bond donors (Lipinski definition) is 7. The van der Waals surface area contributed by atoms with E-state index >= 15 is 0 Å². The normalized spacial score (nSPS) is 15.6. The zero-order valence-electron chi connectivity index (χ0n) is 26.2. The number of aromatic nitrogens is 1. The Morgan fingerprint density at radius 2 is 1.87 bits per heavy atom. The maximum Gasteiger partial charge on any atom is 0.243 e. The van der Waals surface area contributed by atoms with Gasteiger partial charge >= 0.3 is 0 Å². The Hall–Kier alpha value is -3.94. The molecule has 246 valence electrons. The zero-order valence-corrected chi connectivity index (χ0v) is 26.2. The highest BCUT2D eigenvalue weighted by molar-refractivity contribution is 5.92. The predicted molar refractivity (Wildman–Crippen MR) is 171 cm³/mol. The molecule has 2 aliphatic rings. The molecule has 4 rings (SSSR count). The SMILES string of the molecule is CC(C)[C@H](N)C(=O)N[C@@H](CCCCN)C(=O)NCC(=O)NCCCc1c2c(nc3cc4c(cc13)OCO4)/C(=C/CCCO)NC2. The van der Waals surface area contributed by atoms with E-state index in [9.17, 15) is 19.5 Å². The van der Waals surface area contributed by atoms with E-state index in [0.29, 0.717) is 69.7 Å². The first kappa shape index (κ1) is 33.9. The van der Waals surface area contributed by atoms with Crippen LogP contribution in [0.25, 0.3) is 16.6 Å². The van der Waals surface area contributed by atoms with Crippen LogP contribution < -0.4 is 42.2 Å². The molecular formula is C32H47N7O6. The minimum Gasteiger partial charge on any atom is -0.454 e. The molecular weight excluding hydrogens is 578 g/mol. The number of allylic oxidation sites excluding steroid dienone is 1. The van der Waals surface area contributed by atoms with Crippen molar-refractivity contribution in [2.24, 2.45) is 17.4 Å². The molecule has 13 nitrogen and oxygen atoms in total. The minimum atomic E-state index is -0.796. The number of carbonyl (C=O) groups is 3. The Labute approximate surface area is 263 Å². The lowest BCUT2D eigenvalue weighted by atomic mass is 9.96. The van der Waals surface area contributed by atoms with Gasteiger partial charge in [-0.25, -0.2) is 4.98 Å². The molecule has 0 saturated carbocycles. The first-order valence-corrected chi connectivity index (χ1v) is 15.8. The van der Waals surface area contributed by atoms with E-state index in [1.807, 2.05) is 26.0 Å². The van der Waals surface area contributed by atoms with Crippen molar-refractivity contribution in [3.8, 4) is 11.5 Å². The maximum absolute atomic E-state index is 12.9. The molecule has 3 amide bonds. The monoisotopic (exact) mass is 625 g/mol. The van der Waals surface area contributed by atoms with Gasteiger partial charge in [0.15, 0.2) is 11.5 Å². The quantitative estimate of drug-likeness (QED) is 0.124. The first-order chi connectivity index (χ1) is 21.7. The van der Waals surface area contributed by atoms with Crippen molar-refractivity contribution in [2.75, 3.05) is 33.0 Å². The lowest BCUT2D eigenvalue weighted by Gasteiger charge is -2.22. The van der Waals surface area contributed by atoms with Crippen molar-refractivity contribution in [3.05, 3.63) is 35.0 Å². The fourth-order valence-corrected chi connectivity index (χ4v) is 5.41. The molecule has 45 heavy (non-hydrogen) atoms. The van der Waals surface area contributed by atoms with E-state index in [0.717, 1.165) is 39.8 Å². The van der Waals surface area contributed by atoms with Gasteiger partial charge in [0.1, 0.15) is 6.04 Å². The molecule has 0 spiro atoms. The fourth-order valence-electron chi connectivity index (χ4n) is 5.41. The summed E-state index contributed by atoms with van der Waals surface area (Å²) in [6.07, 6.45) is 6.60. The van der Waals surface area contributed by atoms with Gasteiger partial charge in [-0.3, -0.25) is 14.4 Å². The number of ether oxygens (including phenoxy) is 2. The van der Waals surface area contributed by atoms with E-state index < -0.39 is 23.9 Å². The highest BCUT2D eigenvalue weighted by Crippen LogP contribution is 2.40. The number of rotatable bonds is 17. The molecule has 1 aromatic heterocycles. The number of fused-ring (bicyclic) bond motifs is 3. The van der Waals surface area contributed by atoms with Crippen molar-refractivity contribution in [3.63, 3.8) is 0 Å². The number of hydrogen-bond acceptors (Lipinski definition) is 10. The van der Waals surface area contributed by atoms with Crippen molar-refractivity contribution < 1.29 is 29.0 Å². The van der Waals surface area contributed by atoms with E-state index in [2.05, 4.69) is 27.3 Å². The Balaban J connectivity index is 1.35. The number of aliphatic hydroxyl groups excluding tert-OH is 1. The smallest absolute Gasteiger partial charge is 0.243 e. The molecule has 0 aliphatic carbocycles. The van der Waals surface area contributed by atoms with Gasteiger partial charge in [-0.15, -0.1) is 0 Å². The van der Waals surface area contributed by atoms with E-state index in [4.69, 9.17) is 25.9 Å². The topological polar surface area (TPSA) is 203 Å². The molecule has 2 aliphatic heterocycles. The number of nitrogens with one attached hydrogen (secondary N) is 4. The second kappa shape index (κ2) is 16.4. The van der Waals surface area contributed by atoms with Crippen LogP contribution >= 0.6 is 0 Å². The van der Waals surface area contributed by atoms with E-state index in [-0.39, 0.29) is 31.8 Å². The first-order valence-electron chi connectivity index (χ1n) is 15.8. The van der Waals surface area contributed by atoms with Gasteiger partial charge in [-0.2, -0.15) is 0 Å². The number of aryl methyl sites for hydroxylation is 1. The molecule has 13 heteroatoms. The molecule has 2 aromatic rings. The number of nitrogens with zero attached hydrogens (tertiary/aromatic N) is 1. The molecule has 0 radical (unpaired) electrons. The van der Waals surface area contributed by atoms with Crippen LogP contribution in [0.3, 0.4) is 0 Å². The van der Waals surface area contributed by atoms with Crippen LogP contribution in [0.4, 0.5) is 0 Å². The summed E-state index contributed by atoms with van der Waals surface area (Å²) in [5.41, 5.74) is 16.4. The number of benzene rings is 1. The molecule has 0 fully saturated rings. The molecule has 0 saturated heterocycles. The number of nitrogens with two attached hydrogens (primary N) is 2. The van der Waals surface area contributed by atoms with Gasteiger partial charge < -0.3 is 47.3 Å². The van der Waals surface area contributed by atoms with Crippen LogP contribution in [0.15, 0.2) is 18.2 Å². The number of unbranched alkanes of at least 4 members (excludes halogenated alkanes) is 2. The van der Waals surface area contributed by atoms with Gasteiger partial charge in [-0.1, -0.05) is 19.9 Å². The van der Waals surface area contributed by atoms with Gasteiger partial charge in [0.05, 0.1) is 29.5 Å². The second-order valence-electron chi connectivity index (χ2n) is 11.8. The molecule has 1 aromatic carbocycles. The Morgan fingerprint density at radius 3 is 2.60 bits per heavy atom. The Bertz CT molecular complexity index is 1400. The molecule has 0 unspecified atom stereocenters. The summed E-state index contributed by atoms with van der Waals surface area (Å²) in [5.74, 6) is 0.116. The third-order valence-electron chi connectivity index (χ3n) is 8.07. The van der Waals surface area contributed by atoms with Gasteiger partial charge in [0.2, 0.25) is 24.5 Å². The summed E-state index contributed by atoms with van der Waals surface area (Å²) in [6.45, 7) is 5.29. The molecule has 3 heterocycles. The van der Waals surface area contributed by atoms with Crippen LogP contribution in [0, 0.1) is 5.92 Å². The maximum atomic E-state index is 12.9. The lowest BCUT2D eigenvalue weighted by molar-refractivity contribution is -0.131. The summed E-state index contributed by atoms with van der Waals surface area (Å²) in [4.78, 5) is 43.0. The summed E-state index contributed by atoms with van der Waals surface area (Å²) in [6, 6.07) is 2.34. The largest absolute Gasteiger partial charge is 0.454 e. The Morgan fingerprint density at radius 1 is 1.09 bits per heavy atom. The predicted octanol–water partition coefficient (Wildman–Crippen LogP) is 0.942. The van der Waals surface area contributed by atoms with E-state index in [1.54, 1.807) is 0 Å². The third kappa shape index (κ3) is 8.83. The van der Waals surface area contributed by atoms with Crippen molar-refractivity contribution in [2.45, 2.75) is 77.4 Å². The number of carbonyl (C=O) groups excluding carboxylic acids is 3. The van der Waals surface area contributed by atoms with Crippen molar-refractivity contribution >= 4 is 34.3 Å². The van der Waals surface area contributed by atoms with Crippen molar-refractivity contribution in [1.82, 2.24) is 26.3 Å². The fraction of sp³-hybridized carbons (Fsp3) is 0.562. The highest BCUT2D eigenvalue weighted by atomic mass is 16.7. The summed E-state index contributed by atoms with van der Waals surface area (Å²) in [7, 11) is 0. The number of aliphatic hydroxyl groups is 1. The van der Waals surface area contributed by atoms with E-state index in [1.165, 1.54) is 0 Å². The van der Waals surface area contributed by atoms with Crippen LogP contribution in [0.1, 0.15) is 69.2 Å². The van der Waals surface area contributed by atoms with Crippen LogP contribution in [-0.2, 0) is 27.3 Å². The summed E-state index contributed by atoms with van der Waals surface area (Å²) < 4.78 is 11.2. The standard InChI is InChI=1S/C32H47N7O6/c1-19(2)29(34)32(43)39-24(10-3-5-11-33)31(42)37-17-28(41)35-12-7-8-20-21-14-26-27(45-18-44-26)15-25(21)38-30-22(20)16-36-23(30)9-4-6-13-40/h9,14-15,19,24,29,36,40H,3-8,10-13,16-18,33-34H2,1-2H3,(H,35,41)(H,37,42)(H,39,43)/b23-9-/t24-,29-/m0/s1. The lowest BCUT2D eigenvalue weighted by Crippen LogP contribution is -2.53. The summed E-state index contributed by atoms with van der Waals surface area (Å²) in [5, 5.41) is 21.9. The van der Waals surface area contributed by atoms with Gasteiger partial charge in [0.25, 0.3) is 0 Å². The molecule has 0 bridgehead atoms. The minimum absolute atomic E-state index is 0.0791. The molecule has 2 atom stereocenters. The summed E-state index contributed by atoms with van der Waals surface area (Å²) >= 11 is 0. The zero-order chi connectivity index (χ0) is 32.3. The van der Waals surface area contributed by atoms with Crippen LogP contribution in [0.5, 0.6) is 11.5 Å². The second-order valence-corrected chi connectivity index (χ2v) is 11.8. The average Bonchev–Trinajstić information content (AvgIpc) is 3.66. The van der Waals surface area contributed by atoms with Crippen LogP contribution in [-0.4, -0.2) is 72.9 Å². The molecule has 9 N–H and O–H groups in total. The van der Waals surface area contributed by atoms with Crippen molar-refractivity contribution in [1.29, 1.82) is 0 Å². The highest BCUT2D eigenvalue weighted by Gasteiger charge is 2.27. The number of pyridine rings is 1. The third-order valence-corrected chi connectivity index (χ3v) is 8.07. The van der Waals surface area contributed by atoms with Gasteiger partial charge in [-0.05, 0) is 69.0 Å².